The van der Waals surface area contributed by atoms with Crippen molar-refractivity contribution in [3.05, 3.63) is 131 Å². The summed E-state index contributed by atoms with van der Waals surface area (Å²) in [7, 11) is 5.63. The number of carbonyl (C=O) groups excluding carboxylic acids is 2. The van der Waals surface area contributed by atoms with E-state index in [1.165, 1.54) is 204 Å². The average Bonchev–Trinajstić information content (AvgIpc) is 3.37. The number of sulfone groups is 1. The van der Waals surface area contributed by atoms with E-state index in [9.17, 15) is 28.2 Å². The number of rotatable bonds is 38. The van der Waals surface area contributed by atoms with E-state index in [-0.39, 0.29) is 20.9 Å². The summed E-state index contributed by atoms with van der Waals surface area (Å²) in [6, 6.07) is 30.9. The van der Waals surface area contributed by atoms with Crippen molar-refractivity contribution in [2.24, 2.45) is 0 Å². The molecule has 8 nitrogen and oxygen atoms in total. The molecule has 0 radical (unpaired) electrons. The first-order valence-electron chi connectivity index (χ1n) is 28.7. The van der Waals surface area contributed by atoms with Gasteiger partial charge in [0.25, 0.3) is 0 Å². The van der Waals surface area contributed by atoms with E-state index in [2.05, 4.69) is 103 Å². The largest absolute Gasteiger partial charge is 0.545 e. The van der Waals surface area contributed by atoms with Crippen molar-refractivity contribution in [1.29, 1.82) is 0 Å². The summed E-state index contributed by atoms with van der Waals surface area (Å²) < 4.78 is 26.8. The Hall–Kier alpha value is -4.31. The Morgan fingerprint density at radius 1 is 0.356 bits per heavy atom. The van der Waals surface area contributed by atoms with Crippen LogP contribution in [0.1, 0.15) is 225 Å². The van der Waals surface area contributed by atoms with Crippen LogP contribution in [-0.2, 0) is 22.9 Å². The summed E-state index contributed by atoms with van der Waals surface area (Å²) in [5.41, 5.74) is 2.65. The molecule has 0 N–H and O–H groups in total. The fourth-order valence-electron chi connectivity index (χ4n) is 9.46. The normalized spacial score (nSPS) is 11.6. The fraction of sp³-hybridized carbons (Fsp3) is 0.594. The van der Waals surface area contributed by atoms with Crippen LogP contribution >= 0.6 is 0 Å². The number of benzene rings is 4. The van der Waals surface area contributed by atoms with Crippen molar-refractivity contribution < 1.29 is 37.2 Å². The average molecular weight is 1030 g/mol. The molecule has 4 aromatic carbocycles. The summed E-state index contributed by atoms with van der Waals surface area (Å²) in [6.45, 7) is 9.49. The van der Waals surface area contributed by atoms with Crippen LogP contribution in [0.5, 0.6) is 0 Å². The predicted molar refractivity (Wildman–Crippen MR) is 302 cm³/mol. The van der Waals surface area contributed by atoms with E-state index in [1.54, 1.807) is 0 Å². The van der Waals surface area contributed by atoms with Crippen molar-refractivity contribution in [2.75, 3.05) is 41.3 Å². The van der Waals surface area contributed by atoms with E-state index in [1.807, 2.05) is 0 Å². The minimum atomic E-state index is -3.85. The van der Waals surface area contributed by atoms with Crippen molar-refractivity contribution in [3.8, 4) is 0 Å². The van der Waals surface area contributed by atoms with Crippen LogP contribution < -0.4 is 10.2 Å². The minimum Gasteiger partial charge on any atom is -0.545 e. The van der Waals surface area contributed by atoms with Gasteiger partial charge >= 0.3 is 0 Å². The first-order valence-corrected chi connectivity index (χ1v) is 30.2. The Labute approximate surface area is 446 Å². The molecule has 0 bridgehead atoms. The molecule has 9 heteroatoms. The van der Waals surface area contributed by atoms with Gasteiger partial charge in [-0.05, 0) is 61.1 Å². The third kappa shape index (κ3) is 31.9. The molecule has 0 aromatic heterocycles. The zero-order valence-electron chi connectivity index (χ0n) is 46.8. The van der Waals surface area contributed by atoms with Gasteiger partial charge in [0.05, 0.1) is 63.0 Å². The lowest BCUT2D eigenvalue weighted by molar-refractivity contribution is -0.903. The zero-order chi connectivity index (χ0) is 53.5. The highest BCUT2D eigenvalue weighted by Gasteiger charge is 2.18. The van der Waals surface area contributed by atoms with Gasteiger partial charge in [-0.15, -0.1) is 0 Å². The van der Waals surface area contributed by atoms with Crippen LogP contribution in [0.25, 0.3) is 0 Å². The van der Waals surface area contributed by atoms with Crippen LogP contribution in [0.4, 0.5) is 0 Å². The molecule has 408 valence electrons. The Morgan fingerprint density at radius 2 is 0.589 bits per heavy atom. The topological polar surface area (TPSA) is 114 Å². The number of carboxylic acids is 2. The number of hydrogen-bond donors (Lipinski definition) is 0. The summed E-state index contributed by atoms with van der Waals surface area (Å²) >= 11 is 0. The van der Waals surface area contributed by atoms with E-state index in [0.29, 0.717) is 0 Å². The first-order chi connectivity index (χ1) is 35.1. The molecule has 0 saturated heterocycles. The summed E-state index contributed by atoms with van der Waals surface area (Å²) in [6.07, 6.45) is 40.4. The van der Waals surface area contributed by atoms with Gasteiger partial charge in [-0.2, -0.15) is 0 Å². The number of hydrogen-bond acceptors (Lipinski definition) is 6. The lowest BCUT2D eigenvalue weighted by Crippen LogP contribution is -2.39. The summed E-state index contributed by atoms with van der Waals surface area (Å²) in [4.78, 5) is 21.0. The maximum absolute atomic E-state index is 12.3. The molecule has 0 aliphatic carbocycles. The Kier molecular flexibility index (Phi) is 34.8. The molecule has 0 fully saturated rings. The number of aromatic carboxylic acids is 2. The van der Waals surface area contributed by atoms with E-state index in [0.717, 1.165) is 70.6 Å². The molecular weight excluding hydrogens is 925 g/mol. The third-order valence-electron chi connectivity index (χ3n) is 13.9. The van der Waals surface area contributed by atoms with Gasteiger partial charge in [-0.25, -0.2) is 8.42 Å². The molecule has 0 spiro atoms. The van der Waals surface area contributed by atoms with Gasteiger partial charge in [-0.1, -0.05) is 253 Å². The fourth-order valence-corrected chi connectivity index (χ4v) is 10.7. The predicted octanol–water partition coefficient (Wildman–Crippen LogP) is 14.7. The van der Waals surface area contributed by atoms with E-state index >= 15 is 0 Å². The van der Waals surface area contributed by atoms with Crippen molar-refractivity contribution in [1.82, 2.24) is 0 Å². The van der Waals surface area contributed by atoms with Gasteiger partial charge in [0.15, 0.2) is 0 Å². The summed E-state index contributed by atoms with van der Waals surface area (Å²) in [5, 5.41) is 21.2. The van der Waals surface area contributed by atoms with Crippen LogP contribution in [0.3, 0.4) is 0 Å². The minimum absolute atomic E-state index is 0.103. The Bertz CT molecular complexity index is 1940. The molecule has 0 aliphatic rings. The number of carboxylic acid groups (broad SMARTS) is 2. The van der Waals surface area contributed by atoms with Crippen LogP contribution in [0.2, 0.25) is 0 Å². The van der Waals surface area contributed by atoms with E-state index in [4.69, 9.17) is 0 Å². The van der Waals surface area contributed by atoms with Gasteiger partial charge in [0.1, 0.15) is 13.1 Å². The molecule has 0 aliphatic heterocycles. The number of nitrogens with zero attached hydrogens (tertiary/aromatic N) is 2. The van der Waals surface area contributed by atoms with Gasteiger partial charge in [0, 0.05) is 11.1 Å². The smallest absolute Gasteiger partial charge is 0.206 e. The molecule has 0 amide bonds. The quantitative estimate of drug-likeness (QED) is 0.0326. The molecule has 73 heavy (non-hydrogen) atoms. The lowest BCUT2D eigenvalue weighted by atomic mass is 10.0. The Balaban J connectivity index is 0.000000377. The number of unbranched alkanes of at least 4 members (excludes halogenated alkanes) is 26. The Morgan fingerprint density at radius 3 is 0.822 bits per heavy atom. The highest BCUT2D eigenvalue weighted by molar-refractivity contribution is 7.91. The van der Waals surface area contributed by atoms with Crippen LogP contribution in [0.15, 0.2) is 119 Å². The second kappa shape index (κ2) is 39.2. The monoisotopic (exact) mass is 1020 g/mol. The second-order valence-corrected chi connectivity index (χ2v) is 23.9. The van der Waals surface area contributed by atoms with Crippen LogP contribution in [0, 0.1) is 0 Å². The highest BCUT2D eigenvalue weighted by atomic mass is 32.2. The van der Waals surface area contributed by atoms with Gasteiger partial charge < -0.3 is 28.8 Å². The lowest BCUT2D eigenvalue weighted by Gasteiger charge is -2.30. The number of quaternary nitrogens is 2. The molecule has 4 rings (SSSR count). The van der Waals surface area contributed by atoms with Crippen molar-refractivity contribution in [3.63, 3.8) is 0 Å². The molecule has 0 unspecified atom stereocenters. The molecule has 0 atom stereocenters. The first kappa shape index (κ1) is 64.8. The maximum atomic E-state index is 12.3. The molecular formula is C64H100N2O6S. The highest BCUT2D eigenvalue weighted by Crippen LogP contribution is 2.22. The summed E-state index contributed by atoms with van der Waals surface area (Å²) in [5.74, 6) is -2.81. The molecule has 4 aromatic rings. The van der Waals surface area contributed by atoms with E-state index < -0.39 is 21.8 Å². The van der Waals surface area contributed by atoms with Crippen molar-refractivity contribution >= 4 is 21.8 Å². The number of carbonyl (C=O) groups is 2. The SMILES string of the molecule is CCCCCCCCCCCCCCCC[N+](C)(C)Cc1ccccc1.CCCCCCCCCCCCCCCC[N+](C)(C)Cc1ccccc1.O=C([O-])c1ccc(S(=O)(=O)c2ccc(C(=O)[O-])cc2)cc1. The second-order valence-electron chi connectivity index (χ2n) is 21.9. The standard InChI is InChI=1S/2C25H46N.C14H10O6S/c2*1-4-5-6-7-8-9-10-11-12-13-14-15-16-20-23-26(2,3)24-25-21-18-17-19-22-25;15-13(16)9-1-5-11(6-2-9)21(19,20)12-7-3-10(4-8-12)14(17)18/h2*17-19,21-22H,4-16,20,23-24H2,1-3H3;1-8H,(H,15,16)(H,17,18)/q2*+1;/p-2. The van der Waals surface area contributed by atoms with Gasteiger partial charge in [-0.3, -0.25) is 0 Å². The van der Waals surface area contributed by atoms with Crippen LogP contribution in [-0.4, -0.2) is 70.6 Å². The van der Waals surface area contributed by atoms with Crippen molar-refractivity contribution in [2.45, 2.75) is 217 Å². The maximum Gasteiger partial charge on any atom is 0.206 e. The molecule has 0 heterocycles. The van der Waals surface area contributed by atoms with Gasteiger partial charge in [0.2, 0.25) is 9.84 Å². The molecule has 0 saturated carbocycles. The zero-order valence-corrected chi connectivity index (χ0v) is 47.6. The third-order valence-corrected chi connectivity index (χ3v) is 15.7.